The molecule has 7 nitrogen and oxygen atoms in total. The van der Waals surface area contributed by atoms with Crippen molar-refractivity contribution in [3.63, 3.8) is 0 Å². The molecule has 0 spiro atoms. The summed E-state index contributed by atoms with van der Waals surface area (Å²) >= 11 is 0. The SMILES string of the molecule is O=C(COC(=O)c1ccncc1)NNC(=O)c1ccccc1F. The highest BCUT2D eigenvalue weighted by Gasteiger charge is 2.13. The van der Waals surface area contributed by atoms with Crippen LogP contribution in [0.4, 0.5) is 4.39 Å². The molecule has 0 atom stereocenters. The minimum atomic E-state index is -0.822. The lowest BCUT2D eigenvalue weighted by Gasteiger charge is -2.08. The van der Waals surface area contributed by atoms with E-state index in [1.54, 1.807) is 0 Å². The van der Waals surface area contributed by atoms with Crippen LogP contribution < -0.4 is 10.9 Å². The van der Waals surface area contributed by atoms with Gasteiger partial charge in [0.05, 0.1) is 11.1 Å². The number of esters is 1. The summed E-state index contributed by atoms with van der Waals surface area (Å²) in [5.74, 6) is -3.01. The van der Waals surface area contributed by atoms with Crippen LogP contribution in [-0.4, -0.2) is 29.4 Å². The standard InChI is InChI=1S/C15H12FN3O4/c16-12-4-2-1-3-11(12)14(21)19-18-13(20)9-23-15(22)10-5-7-17-8-6-10/h1-8H,9H2,(H,18,20)(H,19,21). The number of carbonyl (C=O) groups is 3. The highest BCUT2D eigenvalue weighted by atomic mass is 19.1. The molecular weight excluding hydrogens is 305 g/mol. The van der Waals surface area contributed by atoms with Crippen LogP contribution in [0.25, 0.3) is 0 Å². The summed E-state index contributed by atoms with van der Waals surface area (Å²) in [5, 5.41) is 0. The number of hydrogen-bond acceptors (Lipinski definition) is 5. The molecule has 2 N–H and O–H groups in total. The average Bonchev–Trinajstić information content (AvgIpc) is 2.58. The van der Waals surface area contributed by atoms with Gasteiger partial charge in [-0.15, -0.1) is 0 Å². The molecule has 2 rings (SSSR count). The number of hydrogen-bond donors (Lipinski definition) is 2. The molecule has 0 aliphatic rings. The first-order valence-corrected chi connectivity index (χ1v) is 6.49. The molecule has 0 aliphatic carbocycles. The highest BCUT2D eigenvalue weighted by molar-refractivity contribution is 5.96. The first-order chi connectivity index (χ1) is 11.1. The number of benzene rings is 1. The maximum atomic E-state index is 13.4. The quantitative estimate of drug-likeness (QED) is 0.643. The largest absolute Gasteiger partial charge is 0.452 e. The van der Waals surface area contributed by atoms with E-state index in [1.165, 1.54) is 42.7 Å². The van der Waals surface area contributed by atoms with E-state index in [2.05, 4.69) is 4.98 Å². The Morgan fingerprint density at radius 3 is 2.43 bits per heavy atom. The topological polar surface area (TPSA) is 97.4 Å². The van der Waals surface area contributed by atoms with Gasteiger partial charge in [-0.1, -0.05) is 12.1 Å². The molecule has 23 heavy (non-hydrogen) atoms. The Morgan fingerprint density at radius 1 is 1.04 bits per heavy atom. The molecule has 8 heteroatoms. The summed E-state index contributed by atoms with van der Waals surface area (Å²) in [6.07, 6.45) is 2.82. The Labute approximate surface area is 130 Å². The van der Waals surface area contributed by atoms with E-state index in [0.717, 1.165) is 6.07 Å². The van der Waals surface area contributed by atoms with Gasteiger partial charge in [-0.25, -0.2) is 9.18 Å². The summed E-state index contributed by atoms with van der Waals surface area (Å²) in [4.78, 5) is 38.5. The lowest BCUT2D eigenvalue weighted by Crippen LogP contribution is -2.43. The van der Waals surface area contributed by atoms with Gasteiger partial charge in [0.25, 0.3) is 11.8 Å². The third-order valence-electron chi connectivity index (χ3n) is 2.68. The zero-order chi connectivity index (χ0) is 16.7. The van der Waals surface area contributed by atoms with Crippen LogP contribution in [0.3, 0.4) is 0 Å². The number of ether oxygens (including phenoxy) is 1. The van der Waals surface area contributed by atoms with Crippen LogP contribution in [-0.2, 0) is 9.53 Å². The number of nitrogens with zero attached hydrogens (tertiary/aromatic N) is 1. The smallest absolute Gasteiger partial charge is 0.338 e. The van der Waals surface area contributed by atoms with Crippen molar-refractivity contribution in [2.45, 2.75) is 0 Å². The van der Waals surface area contributed by atoms with Crippen LogP contribution in [0.15, 0.2) is 48.8 Å². The van der Waals surface area contributed by atoms with E-state index in [4.69, 9.17) is 4.74 Å². The third-order valence-corrected chi connectivity index (χ3v) is 2.68. The van der Waals surface area contributed by atoms with Crippen LogP contribution in [0.5, 0.6) is 0 Å². The highest BCUT2D eigenvalue weighted by Crippen LogP contribution is 2.05. The van der Waals surface area contributed by atoms with Gasteiger partial charge in [-0.05, 0) is 24.3 Å². The van der Waals surface area contributed by atoms with Gasteiger partial charge in [0.2, 0.25) is 0 Å². The summed E-state index contributed by atoms with van der Waals surface area (Å²) in [7, 11) is 0. The van der Waals surface area contributed by atoms with Crippen LogP contribution in [0, 0.1) is 5.82 Å². The molecule has 1 aromatic carbocycles. The van der Waals surface area contributed by atoms with E-state index >= 15 is 0 Å². The molecule has 0 aliphatic heterocycles. The minimum absolute atomic E-state index is 0.221. The number of carbonyl (C=O) groups excluding carboxylic acids is 3. The predicted molar refractivity (Wildman–Crippen MR) is 76.5 cm³/mol. The van der Waals surface area contributed by atoms with E-state index in [0.29, 0.717) is 0 Å². The summed E-state index contributed by atoms with van der Waals surface area (Å²) in [5.41, 5.74) is 4.06. The molecule has 0 unspecified atom stereocenters. The van der Waals surface area contributed by atoms with E-state index in [1.807, 2.05) is 10.9 Å². The summed E-state index contributed by atoms with van der Waals surface area (Å²) in [6, 6.07) is 8.16. The first kappa shape index (κ1) is 16.1. The number of hydrazine groups is 1. The molecule has 0 bridgehead atoms. The van der Waals surface area contributed by atoms with Gasteiger partial charge in [0.1, 0.15) is 5.82 Å². The third kappa shape index (κ3) is 4.60. The molecule has 1 aromatic heterocycles. The lowest BCUT2D eigenvalue weighted by molar-refractivity contribution is -0.125. The molecule has 0 saturated heterocycles. The molecular formula is C15H12FN3O4. The number of halogens is 1. The minimum Gasteiger partial charge on any atom is -0.452 e. The number of amides is 2. The van der Waals surface area contributed by atoms with E-state index < -0.39 is 30.2 Å². The molecule has 0 saturated carbocycles. The van der Waals surface area contributed by atoms with Crippen molar-refractivity contribution < 1.29 is 23.5 Å². The predicted octanol–water partition coefficient (Wildman–Crippen LogP) is 0.839. The second-order valence-electron chi connectivity index (χ2n) is 4.29. The fourth-order valence-corrected chi connectivity index (χ4v) is 1.58. The van der Waals surface area contributed by atoms with Crippen molar-refractivity contribution in [2.75, 3.05) is 6.61 Å². The number of pyridine rings is 1. The number of aromatic nitrogens is 1. The Hall–Kier alpha value is -3.29. The zero-order valence-electron chi connectivity index (χ0n) is 11.8. The number of rotatable bonds is 4. The van der Waals surface area contributed by atoms with Gasteiger partial charge in [0, 0.05) is 12.4 Å². The maximum Gasteiger partial charge on any atom is 0.338 e. The van der Waals surface area contributed by atoms with Gasteiger partial charge in [-0.2, -0.15) is 0 Å². The van der Waals surface area contributed by atoms with Crippen molar-refractivity contribution in [1.29, 1.82) is 0 Å². The monoisotopic (exact) mass is 317 g/mol. The van der Waals surface area contributed by atoms with Crippen molar-refractivity contribution in [1.82, 2.24) is 15.8 Å². The zero-order valence-corrected chi connectivity index (χ0v) is 11.8. The van der Waals surface area contributed by atoms with Gasteiger partial charge in [-0.3, -0.25) is 25.4 Å². The lowest BCUT2D eigenvalue weighted by atomic mass is 10.2. The molecule has 2 aromatic rings. The van der Waals surface area contributed by atoms with Crippen LogP contribution in [0.1, 0.15) is 20.7 Å². The molecule has 118 valence electrons. The molecule has 2 amide bonds. The van der Waals surface area contributed by atoms with Crippen molar-refractivity contribution in [3.8, 4) is 0 Å². The van der Waals surface area contributed by atoms with Crippen molar-refractivity contribution in [3.05, 3.63) is 65.7 Å². The summed E-state index contributed by atoms with van der Waals surface area (Å²) in [6.45, 7) is -0.599. The first-order valence-electron chi connectivity index (χ1n) is 6.49. The number of nitrogens with one attached hydrogen (secondary N) is 2. The summed E-state index contributed by atoms with van der Waals surface area (Å²) < 4.78 is 18.1. The fourth-order valence-electron chi connectivity index (χ4n) is 1.58. The normalized spacial score (nSPS) is 9.78. The van der Waals surface area contributed by atoms with Gasteiger partial charge < -0.3 is 4.74 Å². The Kier molecular flexibility index (Phi) is 5.35. The Morgan fingerprint density at radius 2 is 1.74 bits per heavy atom. The maximum absolute atomic E-state index is 13.4. The van der Waals surface area contributed by atoms with Gasteiger partial charge in [0.15, 0.2) is 6.61 Å². The molecule has 0 fully saturated rings. The van der Waals surface area contributed by atoms with E-state index in [9.17, 15) is 18.8 Å². The molecule has 0 radical (unpaired) electrons. The average molecular weight is 317 g/mol. The molecule has 1 heterocycles. The Balaban J connectivity index is 1.78. The second-order valence-corrected chi connectivity index (χ2v) is 4.29. The van der Waals surface area contributed by atoms with Crippen molar-refractivity contribution >= 4 is 17.8 Å². The Bertz CT molecular complexity index is 722. The fraction of sp³-hybridized carbons (Fsp3) is 0.0667. The van der Waals surface area contributed by atoms with Crippen LogP contribution in [0.2, 0.25) is 0 Å². The van der Waals surface area contributed by atoms with E-state index in [-0.39, 0.29) is 11.1 Å². The van der Waals surface area contributed by atoms with Crippen molar-refractivity contribution in [2.24, 2.45) is 0 Å². The van der Waals surface area contributed by atoms with Crippen LogP contribution >= 0.6 is 0 Å². The second kappa shape index (κ2) is 7.64. The van der Waals surface area contributed by atoms with Gasteiger partial charge >= 0.3 is 5.97 Å².